The quantitative estimate of drug-likeness (QED) is 0.660. The molecule has 1 heterocycles. The summed E-state index contributed by atoms with van der Waals surface area (Å²) in [7, 11) is 0. The number of hydrogen-bond donors (Lipinski definition) is 0. The van der Waals surface area contributed by atoms with E-state index in [4.69, 9.17) is 4.74 Å². The molecule has 76 valence electrons. The zero-order chi connectivity index (χ0) is 10.7. The van der Waals surface area contributed by atoms with Crippen molar-refractivity contribution < 1.29 is 4.74 Å². The topological polar surface area (TPSA) is 9.23 Å². The van der Waals surface area contributed by atoms with Gasteiger partial charge in [-0.05, 0) is 18.6 Å². The van der Waals surface area contributed by atoms with E-state index < -0.39 is 0 Å². The summed E-state index contributed by atoms with van der Waals surface area (Å²) in [4.78, 5) is 0. The Balaban J connectivity index is 2.22. The van der Waals surface area contributed by atoms with Crippen LogP contribution in [0.5, 0.6) is 5.75 Å². The van der Waals surface area contributed by atoms with Crippen LogP contribution in [0.3, 0.4) is 0 Å². The van der Waals surface area contributed by atoms with E-state index in [1.54, 1.807) is 6.08 Å². The second-order valence-electron chi connectivity index (χ2n) is 3.60. The molecular formula is C14H14O. The third kappa shape index (κ3) is 2.01. The van der Waals surface area contributed by atoms with Crippen LogP contribution in [0.15, 0.2) is 54.8 Å². The Bertz CT molecular complexity index is 439. The van der Waals surface area contributed by atoms with Gasteiger partial charge < -0.3 is 4.74 Å². The molecule has 0 aromatic heterocycles. The van der Waals surface area contributed by atoms with Gasteiger partial charge in [0.2, 0.25) is 0 Å². The first kappa shape index (κ1) is 9.78. The largest absolute Gasteiger partial charge is 0.461 e. The van der Waals surface area contributed by atoms with Crippen LogP contribution in [-0.2, 0) is 6.42 Å². The molecule has 15 heavy (non-hydrogen) atoms. The van der Waals surface area contributed by atoms with Crippen LogP contribution >= 0.6 is 0 Å². The highest BCUT2D eigenvalue weighted by molar-refractivity contribution is 5.47. The molecule has 0 amide bonds. The highest BCUT2D eigenvalue weighted by Gasteiger charge is 2.17. The van der Waals surface area contributed by atoms with Crippen molar-refractivity contribution in [3.8, 4) is 5.75 Å². The second-order valence-corrected chi connectivity index (χ2v) is 3.60. The molecule has 0 atom stereocenters. The van der Waals surface area contributed by atoms with E-state index in [0.717, 1.165) is 17.9 Å². The van der Waals surface area contributed by atoms with Gasteiger partial charge in [-0.15, -0.1) is 0 Å². The molecule has 0 N–H and O–H groups in total. The lowest BCUT2D eigenvalue weighted by atomic mass is 10.1. The van der Waals surface area contributed by atoms with Crippen LogP contribution in [0.2, 0.25) is 0 Å². The van der Waals surface area contributed by atoms with Crippen molar-refractivity contribution in [2.45, 2.75) is 13.3 Å². The lowest BCUT2D eigenvalue weighted by molar-refractivity contribution is 0.444. The number of aryl methyl sites for hydroxylation is 1. The maximum Gasteiger partial charge on any atom is 0.133 e. The average molecular weight is 198 g/mol. The van der Waals surface area contributed by atoms with E-state index in [0.29, 0.717) is 0 Å². The van der Waals surface area contributed by atoms with Gasteiger partial charge in [-0.3, -0.25) is 0 Å². The fourth-order valence-corrected chi connectivity index (χ4v) is 1.69. The highest BCUT2D eigenvalue weighted by atomic mass is 16.5. The van der Waals surface area contributed by atoms with Crippen molar-refractivity contribution in [3.63, 3.8) is 0 Å². The van der Waals surface area contributed by atoms with E-state index in [-0.39, 0.29) is 0 Å². The molecule has 0 saturated carbocycles. The first-order chi connectivity index (χ1) is 7.31. The molecule has 1 heteroatoms. The Morgan fingerprint density at radius 3 is 2.93 bits per heavy atom. The van der Waals surface area contributed by atoms with Crippen LogP contribution < -0.4 is 4.74 Å². The van der Waals surface area contributed by atoms with Gasteiger partial charge in [0.15, 0.2) is 0 Å². The third-order valence-electron chi connectivity index (χ3n) is 2.42. The van der Waals surface area contributed by atoms with Gasteiger partial charge in [0.25, 0.3) is 0 Å². The molecular weight excluding hydrogens is 184 g/mol. The van der Waals surface area contributed by atoms with E-state index in [2.05, 4.69) is 31.7 Å². The fourth-order valence-electron chi connectivity index (χ4n) is 1.69. The maximum absolute atomic E-state index is 5.76. The number of benzene rings is 1. The van der Waals surface area contributed by atoms with Gasteiger partial charge in [-0.25, -0.2) is 0 Å². The summed E-state index contributed by atoms with van der Waals surface area (Å²) in [6.07, 6.45) is 8.47. The minimum absolute atomic E-state index is 0.887. The van der Waals surface area contributed by atoms with Crippen molar-refractivity contribution in [1.29, 1.82) is 0 Å². The Hall–Kier alpha value is -1.76. The predicted molar refractivity (Wildman–Crippen MR) is 62.9 cm³/mol. The minimum Gasteiger partial charge on any atom is -0.461 e. The summed E-state index contributed by atoms with van der Waals surface area (Å²) in [6.45, 7) is 5.69. The minimum atomic E-state index is 0.887. The molecule has 0 spiro atoms. The zero-order valence-corrected chi connectivity index (χ0v) is 8.86. The van der Waals surface area contributed by atoms with E-state index >= 15 is 0 Å². The second kappa shape index (κ2) is 4.18. The molecule has 1 aliphatic rings. The standard InChI is InChI=1S/C14H14O/c1-3-4-5-9-13-10-12-8-6-7-11(2)14(12)15-13/h3-9H,1,10H2,2H3/b5-4-,13-9+. The molecule has 0 radical (unpaired) electrons. The monoisotopic (exact) mass is 198 g/mol. The number of rotatable bonds is 2. The Kier molecular flexibility index (Phi) is 2.72. The van der Waals surface area contributed by atoms with Crippen LogP contribution in [-0.4, -0.2) is 0 Å². The van der Waals surface area contributed by atoms with Gasteiger partial charge in [-0.1, -0.05) is 43.0 Å². The van der Waals surface area contributed by atoms with Crippen molar-refractivity contribution in [2.75, 3.05) is 0 Å². The lowest BCUT2D eigenvalue weighted by Crippen LogP contribution is -1.87. The Morgan fingerprint density at radius 1 is 1.33 bits per heavy atom. The summed E-state index contributed by atoms with van der Waals surface area (Å²) in [5.41, 5.74) is 2.47. The highest BCUT2D eigenvalue weighted by Crippen LogP contribution is 2.33. The summed E-state index contributed by atoms with van der Waals surface area (Å²) >= 11 is 0. The van der Waals surface area contributed by atoms with Gasteiger partial charge >= 0.3 is 0 Å². The number of para-hydroxylation sites is 1. The first-order valence-electron chi connectivity index (χ1n) is 5.06. The summed E-state index contributed by atoms with van der Waals surface area (Å²) < 4.78 is 5.76. The van der Waals surface area contributed by atoms with Crippen LogP contribution in [0.4, 0.5) is 0 Å². The molecule has 0 aliphatic carbocycles. The molecule has 0 bridgehead atoms. The van der Waals surface area contributed by atoms with Gasteiger partial charge in [-0.2, -0.15) is 0 Å². The molecule has 1 aliphatic heterocycles. The smallest absolute Gasteiger partial charge is 0.133 e. The van der Waals surface area contributed by atoms with Crippen LogP contribution in [0.1, 0.15) is 11.1 Å². The molecule has 2 rings (SSSR count). The van der Waals surface area contributed by atoms with Crippen LogP contribution in [0.25, 0.3) is 0 Å². The van der Waals surface area contributed by atoms with E-state index in [9.17, 15) is 0 Å². The van der Waals surface area contributed by atoms with Crippen molar-refractivity contribution in [2.24, 2.45) is 0 Å². The van der Waals surface area contributed by atoms with E-state index in [1.807, 2.05) is 18.2 Å². The number of fused-ring (bicyclic) bond motifs is 1. The number of ether oxygens (including phenoxy) is 1. The Labute approximate surface area is 90.4 Å². The zero-order valence-electron chi connectivity index (χ0n) is 8.86. The van der Waals surface area contributed by atoms with Crippen molar-refractivity contribution >= 4 is 0 Å². The fraction of sp³-hybridized carbons (Fsp3) is 0.143. The first-order valence-corrected chi connectivity index (χ1v) is 5.06. The van der Waals surface area contributed by atoms with Gasteiger partial charge in [0, 0.05) is 12.0 Å². The molecule has 1 aromatic rings. The molecule has 0 unspecified atom stereocenters. The maximum atomic E-state index is 5.76. The molecule has 0 fully saturated rings. The van der Waals surface area contributed by atoms with Gasteiger partial charge in [0.05, 0.1) is 0 Å². The molecule has 0 saturated heterocycles. The van der Waals surface area contributed by atoms with Crippen LogP contribution in [0, 0.1) is 6.92 Å². The van der Waals surface area contributed by atoms with E-state index in [1.165, 1.54) is 11.1 Å². The molecule has 1 nitrogen and oxygen atoms in total. The average Bonchev–Trinajstić information content (AvgIpc) is 2.63. The lowest BCUT2D eigenvalue weighted by Gasteiger charge is -2.01. The summed E-state index contributed by atoms with van der Waals surface area (Å²) in [6, 6.07) is 6.25. The Morgan fingerprint density at radius 2 is 2.20 bits per heavy atom. The van der Waals surface area contributed by atoms with Crippen molar-refractivity contribution in [3.05, 3.63) is 66.0 Å². The summed E-state index contributed by atoms with van der Waals surface area (Å²) in [5.74, 6) is 2.02. The third-order valence-corrected chi connectivity index (χ3v) is 2.42. The number of allylic oxidation sites excluding steroid dienone is 5. The molecule has 1 aromatic carbocycles. The normalized spacial score (nSPS) is 16.7. The van der Waals surface area contributed by atoms with Crippen molar-refractivity contribution in [1.82, 2.24) is 0 Å². The van der Waals surface area contributed by atoms with Gasteiger partial charge in [0.1, 0.15) is 11.5 Å². The number of hydrogen-bond acceptors (Lipinski definition) is 1. The summed E-state index contributed by atoms with van der Waals surface area (Å²) in [5, 5.41) is 0. The SMILES string of the molecule is C=C/C=C\C=C1/Cc2cccc(C)c2O1. The predicted octanol–water partition coefficient (Wildman–Crippen LogP) is 3.56.